The second-order valence-electron chi connectivity index (χ2n) is 6.72. The fourth-order valence-corrected chi connectivity index (χ4v) is 3.37. The summed E-state index contributed by atoms with van der Waals surface area (Å²) in [7, 11) is 1.90. The van der Waals surface area contributed by atoms with Crippen LogP contribution in [0.3, 0.4) is 0 Å². The number of guanidine groups is 1. The molecule has 1 saturated heterocycles. The zero-order valence-corrected chi connectivity index (χ0v) is 20.3. The summed E-state index contributed by atoms with van der Waals surface area (Å²) in [6, 6.07) is 7.00. The van der Waals surface area contributed by atoms with Gasteiger partial charge >= 0.3 is 0 Å². The van der Waals surface area contributed by atoms with Crippen molar-refractivity contribution < 1.29 is 9.53 Å². The minimum Gasteiger partial charge on any atom is -0.370 e. The number of halogens is 2. The first-order chi connectivity index (χ1) is 14.1. The van der Waals surface area contributed by atoms with E-state index in [1.807, 2.05) is 26.4 Å². The molecule has 0 aliphatic carbocycles. The van der Waals surface area contributed by atoms with E-state index >= 15 is 0 Å². The average molecular weight is 547 g/mol. The van der Waals surface area contributed by atoms with Gasteiger partial charge in [0, 0.05) is 38.4 Å². The minimum atomic E-state index is -0.196. The molecule has 2 aromatic rings. The number of aryl methyl sites for hydroxylation is 1. The number of nitrogens with zero attached hydrogens (tertiary/aromatic N) is 4. The molecule has 0 spiro atoms. The number of carbonyl (C=O) groups is 1. The fourth-order valence-electron chi connectivity index (χ4n) is 3.15. The van der Waals surface area contributed by atoms with Gasteiger partial charge in [0.25, 0.3) is 5.91 Å². The van der Waals surface area contributed by atoms with Crippen molar-refractivity contribution in [2.45, 2.75) is 13.0 Å². The maximum atomic E-state index is 12.2. The molecule has 1 amide bonds. The molecule has 164 valence electrons. The highest BCUT2D eigenvalue weighted by atomic mass is 127. The van der Waals surface area contributed by atoms with E-state index in [0.29, 0.717) is 36.8 Å². The number of benzene rings is 1. The van der Waals surface area contributed by atoms with Gasteiger partial charge in [0.15, 0.2) is 5.96 Å². The van der Waals surface area contributed by atoms with Crippen LogP contribution in [0.5, 0.6) is 0 Å². The third kappa shape index (κ3) is 6.58. The van der Waals surface area contributed by atoms with Gasteiger partial charge in [-0.1, -0.05) is 23.7 Å². The van der Waals surface area contributed by atoms with Crippen molar-refractivity contribution in [2.24, 2.45) is 12.0 Å². The van der Waals surface area contributed by atoms with Crippen LogP contribution in [0.1, 0.15) is 28.9 Å². The minimum absolute atomic E-state index is 0. The molecule has 1 aromatic heterocycles. The molecule has 30 heavy (non-hydrogen) atoms. The summed E-state index contributed by atoms with van der Waals surface area (Å²) in [4.78, 5) is 19.1. The molecule has 1 aliphatic heterocycles. The molecular weight excluding hydrogens is 519 g/mol. The molecular formula is C20H28ClIN6O2. The molecule has 1 atom stereocenters. The summed E-state index contributed by atoms with van der Waals surface area (Å²) in [6.07, 6.45) is 3.77. The van der Waals surface area contributed by atoms with Gasteiger partial charge in [0.05, 0.1) is 36.5 Å². The van der Waals surface area contributed by atoms with E-state index < -0.39 is 0 Å². The summed E-state index contributed by atoms with van der Waals surface area (Å²) in [6.45, 7) is 5.77. The molecule has 2 N–H and O–H groups in total. The van der Waals surface area contributed by atoms with E-state index in [-0.39, 0.29) is 36.0 Å². The number of nitrogens with one attached hydrogen (secondary N) is 2. The van der Waals surface area contributed by atoms with Gasteiger partial charge in [-0.3, -0.25) is 14.5 Å². The molecule has 1 aromatic carbocycles. The van der Waals surface area contributed by atoms with Crippen LogP contribution >= 0.6 is 35.6 Å². The molecule has 0 bridgehead atoms. The lowest BCUT2D eigenvalue weighted by atomic mass is 10.1. The zero-order chi connectivity index (χ0) is 20.6. The van der Waals surface area contributed by atoms with Crippen molar-refractivity contribution in [3.8, 4) is 0 Å². The predicted octanol–water partition coefficient (Wildman–Crippen LogP) is 2.46. The Morgan fingerprint density at radius 2 is 2.17 bits per heavy atom. The first-order valence-electron chi connectivity index (χ1n) is 9.74. The first kappa shape index (κ1) is 24.4. The molecule has 10 heteroatoms. The Morgan fingerprint density at radius 1 is 1.37 bits per heavy atom. The van der Waals surface area contributed by atoms with Gasteiger partial charge in [-0.2, -0.15) is 5.10 Å². The Labute approximate surface area is 199 Å². The first-order valence-corrected chi connectivity index (χ1v) is 10.1. The SMILES string of the molecule is CCNC(=NCCNC(=O)c1ccccc1Cl)N1CCOC(c2cnn(C)c2)C1.I. The van der Waals surface area contributed by atoms with Crippen molar-refractivity contribution >= 4 is 47.4 Å². The van der Waals surface area contributed by atoms with Crippen LogP contribution < -0.4 is 10.6 Å². The highest BCUT2D eigenvalue weighted by molar-refractivity contribution is 14.0. The monoisotopic (exact) mass is 546 g/mol. The Bertz CT molecular complexity index is 859. The second kappa shape index (κ2) is 12.1. The largest absolute Gasteiger partial charge is 0.370 e. The van der Waals surface area contributed by atoms with Gasteiger partial charge in [-0.05, 0) is 19.1 Å². The number of rotatable bonds is 6. The molecule has 0 saturated carbocycles. The number of hydrogen-bond donors (Lipinski definition) is 2. The number of aliphatic imine (C=N–C) groups is 1. The number of morpholine rings is 1. The smallest absolute Gasteiger partial charge is 0.252 e. The van der Waals surface area contributed by atoms with Gasteiger partial charge in [0.1, 0.15) is 6.10 Å². The lowest BCUT2D eigenvalue weighted by molar-refractivity contribution is -0.00803. The van der Waals surface area contributed by atoms with Crippen LogP contribution in [-0.2, 0) is 11.8 Å². The Balaban J connectivity index is 0.00000320. The van der Waals surface area contributed by atoms with Crippen LogP contribution in [0.2, 0.25) is 5.02 Å². The molecule has 3 rings (SSSR count). The van der Waals surface area contributed by atoms with Gasteiger partial charge < -0.3 is 20.3 Å². The van der Waals surface area contributed by atoms with E-state index in [9.17, 15) is 4.79 Å². The van der Waals surface area contributed by atoms with E-state index in [0.717, 1.165) is 24.6 Å². The summed E-state index contributed by atoms with van der Waals surface area (Å²) in [5, 5.41) is 10.9. The summed E-state index contributed by atoms with van der Waals surface area (Å²) >= 11 is 6.07. The highest BCUT2D eigenvalue weighted by Gasteiger charge is 2.25. The standard InChI is InChI=1S/C20H27ClN6O2.HI/c1-3-22-20(24-9-8-23-19(28)16-6-4-5-7-17(16)21)27-10-11-29-18(14-27)15-12-25-26(2)13-15;/h4-7,12-13,18H,3,8-11,14H2,1-2H3,(H,22,24)(H,23,28);1H. The number of carbonyl (C=O) groups excluding carboxylic acids is 1. The maximum absolute atomic E-state index is 12.2. The van der Waals surface area contributed by atoms with Crippen molar-refractivity contribution in [3.63, 3.8) is 0 Å². The molecule has 1 unspecified atom stereocenters. The Kier molecular flexibility index (Phi) is 9.86. The second-order valence-corrected chi connectivity index (χ2v) is 7.13. The molecule has 1 aliphatic rings. The predicted molar refractivity (Wildman–Crippen MR) is 129 cm³/mol. The molecule has 1 fully saturated rings. The third-order valence-electron chi connectivity index (χ3n) is 4.57. The van der Waals surface area contributed by atoms with E-state index in [4.69, 9.17) is 16.3 Å². The number of amides is 1. The lowest BCUT2D eigenvalue weighted by Crippen LogP contribution is -2.48. The Hall–Kier alpha value is -1.85. The fraction of sp³-hybridized carbons (Fsp3) is 0.450. The van der Waals surface area contributed by atoms with Crippen LogP contribution in [-0.4, -0.2) is 65.9 Å². The summed E-state index contributed by atoms with van der Waals surface area (Å²) < 4.78 is 7.68. The van der Waals surface area contributed by atoms with Crippen LogP contribution in [0, 0.1) is 0 Å². The van der Waals surface area contributed by atoms with Crippen LogP contribution in [0.25, 0.3) is 0 Å². The van der Waals surface area contributed by atoms with Crippen molar-refractivity contribution in [3.05, 3.63) is 52.8 Å². The lowest BCUT2D eigenvalue weighted by Gasteiger charge is -2.34. The van der Waals surface area contributed by atoms with Gasteiger partial charge in [-0.25, -0.2) is 0 Å². The van der Waals surface area contributed by atoms with Crippen molar-refractivity contribution in [1.82, 2.24) is 25.3 Å². The third-order valence-corrected chi connectivity index (χ3v) is 4.90. The van der Waals surface area contributed by atoms with Crippen LogP contribution in [0.15, 0.2) is 41.7 Å². The van der Waals surface area contributed by atoms with Gasteiger partial charge in [-0.15, -0.1) is 24.0 Å². The van der Waals surface area contributed by atoms with Crippen molar-refractivity contribution in [2.75, 3.05) is 39.3 Å². The van der Waals surface area contributed by atoms with E-state index in [2.05, 4.69) is 25.6 Å². The number of aromatic nitrogens is 2. The number of hydrogen-bond acceptors (Lipinski definition) is 4. The van der Waals surface area contributed by atoms with Crippen molar-refractivity contribution in [1.29, 1.82) is 0 Å². The summed E-state index contributed by atoms with van der Waals surface area (Å²) in [5.41, 5.74) is 1.53. The van der Waals surface area contributed by atoms with E-state index in [1.165, 1.54) is 0 Å². The average Bonchev–Trinajstić information content (AvgIpc) is 3.17. The zero-order valence-electron chi connectivity index (χ0n) is 17.2. The molecule has 2 heterocycles. The Morgan fingerprint density at radius 3 is 2.87 bits per heavy atom. The number of ether oxygens (including phenoxy) is 1. The maximum Gasteiger partial charge on any atom is 0.252 e. The molecule has 8 nitrogen and oxygen atoms in total. The van der Waals surface area contributed by atoms with Crippen LogP contribution in [0.4, 0.5) is 0 Å². The summed E-state index contributed by atoms with van der Waals surface area (Å²) in [5.74, 6) is 0.621. The van der Waals surface area contributed by atoms with E-state index in [1.54, 1.807) is 28.9 Å². The quantitative estimate of drug-likeness (QED) is 0.252. The highest BCUT2D eigenvalue weighted by Crippen LogP contribution is 2.21. The normalized spacial score (nSPS) is 16.7. The topological polar surface area (TPSA) is 83.8 Å². The molecule has 0 radical (unpaired) electrons. The van der Waals surface area contributed by atoms with Gasteiger partial charge in [0.2, 0.25) is 0 Å².